The third kappa shape index (κ3) is 4.25. The lowest BCUT2D eigenvalue weighted by molar-refractivity contribution is 1.23. The quantitative estimate of drug-likeness (QED) is 0.529. The van der Waals surface area contributed by atoms with Crippen molar-refractivity contribution in [2.45, 2.75) is 26.0 Å². The van der Waals surface area contributed by atoms with Gasteiger partial charge in [0.05, 0.1) is 0 Å². The number of rotatable bonds is 3. The first-order valence-corrected chi connectivity index (χ1v) is 4.10. The van der Waals surface area contributed by atoms with Crippen molar-refractivity contribution < 1.29 is 0 Å². The minimum atomic E-state index is 0.699. The molecule has 0 fully saturated rings. The number of hydrogen-bond donors (Lipinski definition) is 0. The summed E-state index contributed by atoms with van der Waals surface area (Å²) in [5.74, 6) is 1.21. The Balaban J connectivity index is 3.17. The van der Waals surface area contributed by atoms with Gasteiger partial charge in [-0.05, 0) is 19.6 Å². The van der Waals surface area contributed by atoms with Crippen LogP contribution in [-0.4, -0.2) is 11.0 Å². The number of thioether (sulfide) groups is 1. The summed E-state index contributed by atoms with van der Waals surface area (Å²) in [6, 6.07) is 0. The fourth-order valence-corrected chi connectivity index (χ4v) is 1.38. The molecule has 0 bridgehead atoms. The molecule has 0 nitrogen and oxygen atoms in total. The smallest absolute Gasteiger partial charge is 0.0198 e. The highest BCUT2D eigenvalue weighted by atomic mass is 32.2. The first kappa shape index (κ1) is 8.09. The van der Waals surface area contributed by atoms with Crippen LogP contribution in [0.2, 0.25) is 0 Å². The second kappa shape index (κ2) is 5.23. The van der Waals surface area contributed by atoms with Crippen LogP contribution in [0.5, 0.6) is 0 Å². The average Bonchev–Trinajstić information content (AvgIpc) is 1.68. The van der Waals surface area contributed by atoms with E-state index in [1.54, 1.807) is 0 Å². The fraction of sp³-hybridized carbons (Fsp3) is 0.714. The van der Waals surface area contributed by atoms with Crippen LogP contribution in [0, 0.1) is 0 Å². The molecule has 0 amide bonds. The Hall–Kier alpha value is 0.0900. The maximum absolute atomic E-state index is 2.22. The predicted molar refractivity (Wildman–Crippen MR) is 42.4 cm³/mol. The van der Waals surface area contributed by atoms with E-state index in [-0.39, 0.29) is 0 Å². The van der Waals surface area contributed by atoms with Crippen LogP contribution in [0.4, 0.5) is 0 Å². The van der Waals surface area contributed by atoms with Crippen LogP contribution < -0.4 is 0 Å². The normalized spacial score (nSPS) is 14.9. The maximum atomic E-state index is 2.22. The van der Waals surface area contributed by atoms with E-state index in [1.807, 2.05) is 11.8 Å². The molecule has 0 spiro atoms. The van der Waals surface area contributed by atoms with Crippen LogP contribution in [0.15, 0.2) is 12.2 Å². The van der Waals surface area contributed by atoms with Gasteiger partial charge in [-0.25, -0.2) is 0 Å². The van der Waals surface area contributed by atoms with Crippen molar-refractivity contribution in [2.75, 3.05) is 5.75 Å². The summed E-state index contributed by atoms with van der Waals surface area (Å²) in [5.41, 5.74) is 0. The van der Waals surface area contributed by atoms with Gasteiger partial charge in [-0.1, -0.05) is 19.1 Å². The Bertz CT molecular complexity index is 66.8. The lowest BCUT2D eigenvalue weighted by Gasteiger charge is -1.99. The molecule has 1 unspecified atom stereocenters. The van der Waals surface area contributed by atoms with Crippen molar-refractivity contribution in [1.29, 1.82) is 0 Å². The van der Waals surface area contributed by atoms with Crippen molar-refractivity contribution in [3.8, 4) is 0 Å². The largest absolute Gasteiger partial charge is 0.155 e. The highest BCUT2D eigenvalue weighted by Gasteiger charge is 1.90. The molecule has 0 radical (unpaired) electrons. The average molecular weight is 130 g/mol. The van der Waals surface area contributed by atoms with Gasteiger partial charge in [-0.3, -0.25) is 0 Å². The van der Waals surface area contributed by atoms with Crippen molar-refractivity contribution in [3.05, 3.63) is 12.2 Å². The van der Waals surface area contributed by atoms with Gasteiger partial charge in [0.2, 0.25) is 0 Å². The van der Waals surface area contributed by atoms with Crippen LogP contribution in [0.25, 0.3) is 0 Å². The van der Waals surface area contributed by atoms with Gasteiger partial charge in [0, 0.05) is 5.25 Å². The Morgan fingerprint density at radius 1 is 1.62 bits per heavy atom. The van der Waals surface area contributed by atoms with Crippen LogP contribution in [0.1, 0.15) is 20.8 Å². The summed E-state index contributed by atoms with van der Waals surface area (Å²) in [6.45, 7) is 6.46. The zero-order chi connectivity index (χ0) is 6.41. The second-order valence-electron chi connectivity index (χ2n) is 1.69. The lowest BCUT2D eigenvalue weighted by atomic mass is 10.4. The maximum Gasteiger partial charge on any atom is 0.0198 e. The molecule has 0 aliphatic rings. The van der Waals surface area contributed by atoms with Crippen LogP contribution in [-0.2, 0) is 0 Å². The van der Waals surface area contributed by atoms with E-state index < -0.39 is 0 Å². The molecule has 0 aromatic heterocycles. The Labute approximate surface area is 56.4 Å². The van der Waals surface area contributed by atoms with Gasteiger partial charge in [-0.2, -0.15) is 11.8 Å². The van der Waals surface area contributed by atoms with Gasteiger partial charge in [0.1, 0.15) is 0 Å². The van der Waals surface area contributed by atoms with Gasteiger partial charge < -0.3 is 0 Å². The molecule has 0 aliphatic heterocycles. The van der Waals surface area contributed by atoms with Crippen molar-refractivity contribution in [1.82, 2.24) is 0 Å². The molecule has 0 saturated heterocycles. The molecular formula is C7H14S. The van der Waals surface area contributed by atoms with Gasteiger partial charge in [-0.15, -0.1) is 0 Å². The van der Waals surface area contributed by atoms with Crippen molar-refractivity contribution in [2.24, 2.45) is 0 Å². The lowest BCUT2D eigenvalue weighted by Crippen LogP contribution is -1.88. The molecular weight excluding hydrogens is 116 g/mol. The Morgan fingerprint density at radius 2 is 2.25 bits per heavy atom. The highest BCUT2D eigenvalue weighted by molar-refractivity contribution is 8.00. The van der Waals surface area contributed by atoms with Gasteiger partial charge in [0.25, 0.3) is 0 Å². The van der Waals surface area contributed by atoms with Crippen LogP contribution in [0.3, 0.4) is 0 Å². The molecule has 0 aromatic carbocycles. The standard InChI is InChI=1S/C7H14S/c1-4-6-7(3)8-5-2/h4,6-7H,5H2,1-3H3/b6-4+. The van der Waals surface area contributed by atoms with E-state index in [2.05, 4.69) is 32.9 Å². The zero-order valence-corrected chi connectivity index (χ0v) is 6.66. The molecule has 48 valence electrons. The Kier molecular flexibility index (Phi) is 5.29. The summed E-state index contributed by atoms with van der Waals surface area (Å²) >= 11 is 1.97. The van der Waals surface area contributed by atoms with Crippen molar-refractivity contribution in [3.63, 3.8) is 0 Å². The van der Waals surface area contributed by atoms with E-state index >= 15 is 0 Å². The third-order valence-electron chi connectivity index (χ3n) is 0.893. The topological polar surface area (TPSA) is 0 Å². The van der Waals surface area contributed by atoms with E-state index in [0.29, 0.717) is 5.25 Å². The van der Waals surface area contributed by atoms with E-state index in [4.69, 9.17) is 0 Å². The monoisotopic (exact) mass is 130 g/mol. The summed E-state index contributed by atoms with van der Waals surface area (Å²) in [5, 5.41) is 0.699. The fourth-order valence-electron chi connectivity index (χ4n) is 0.589. The highest BCUT2D eigenvalue weighted by Crippen LogP contribution is 2.09. The number of hydrogen-bond acceptors (Lipinski definition) is 1. The first-order chi connectivity index (χ1) is 3.81. The zero-order valence-electron chi connectivity index (χ0n) is 5.85. The second-order valence-corrected chi connectivity index (χ2v) is 3.34. The molecule has 1 heteroatoms. The molecule has 0 rings (SSSR count). The molecule has 0 N–H and O–H groups in total. The molecule has 0 heterocycles. The van der Waals surface area contributed by atoms with E-state index in [1.165, 1.54) is 5.75 Å². The number of allylic oxidation sites excluding steroid dienone is 1. The molecule has 0 aliphatic carbocycles. The summed E-state index contributed by atoms with van der Waals surface area (Å²) < 4.78 is 0. The van der Waals surface area contributed by atoms with E-state index in [0.717, 1.165) is 0 Å². The molecule has 1 atom stereocenters. The van der Waals surface area contributed by atoms with Crippen molar-refractivity contribution >= 4 is 11.8 Å². The SMILES string of the molecule is C/C=C/C(C)SCC. The Morgan fingerprint density at radius 3 is 2.62 bits per heavy atom. The van der Waals surface area contributed by atoms with E-state index in [9.17, 15) is 0 Å². The van der Waals surface area contributed by atoms with Gasteiger partial charge in [0.15, 0.2) is 0 Å². The molecule has 0 saturated carbocycles. The predicted octanol–water partition coefficient (Wildman–Crippen LogP) is 2.70. The minimum Gasteiger partial charge on any atom is -0.155 e. The first-order valence-electron chi connectivity index (χ1n) is 3.05. The minimum absolute atomic E-state index is 0.699. The molecule has 0 aromatic rings. The molecule has 8 heavy (non-hydrogen) atoms. The summed E-state index contributed by atoms with van der Waals surface area (Å²) in [7, 11) is 0. The summed E-state index contributed by atoms with van der Waals surface area (Å²) in [4.78, 5) is 0. The van der Waals surface area contributed by atoms with Crippen LogP contribution >= 0.6 is 11.8 Å². The third-order valence-corrected chi connectivity index (χ3v) is 1.91. The van der Waals surface area contributed by atoms with Gasteiger partial charge >= 0.3 is 0 Å². The summed E-state index contributed by atoms with van der Waals surface area (Å²) in [6.07, 6.45) is 4.32.